The third kappa shape index (κ3) is 5.29. The monoisotopic (exact) mass is 138 g/mol. The molecule has 0 atom stereocenters. The van der Waals surface area contributed by atoms with Crippen LogP contribution in [0.3, 0.4) is 0 Å². The summed E-state index contributed by atoms with van der Waals surface area (Å²) in [4.78, 5) is 10.1. The molecule has 1 nitrogen and oxygen atoms in total. The van der Waals surface area contributed by atoms with Gasteiger partial charge in [0.25, 0.3) is 0 Å². The lowest BCUT2D eigenvalue weighted by Gasteiger charge is -1.86. The van der Waals surface area contributed by atoms with Crippen LogP contribution in [-0.4, -0.2) is 6.29 Å². The first-order chi connectivity index (χ1) is 4.81. The standard InChI is InChI=1S/C9H14O/c1-3-4-5-6-7-9(2)8-10/h3-4,7-8H,5-6H2,1-2H3/b4-3+,9-7+. The third-order valence-electron chi connectivity index (χ3n) is 1.22. The van der Waals surface area contributed by atoms with Gasteiger partial charge in [-0.2, -0.15) is 0 Å². The van der Waals surface area contributed by atoms with Crippen molar-refractivity contribution in [1.29, 1.82) is 0 Å². The van der Waals surface area contributed by atoms with Gasteiger partial charge in [0.2, 0.25) is 0 Å². The van der Waals surface area contributed by atoms with Gasteiger partial charge in [0.05, 0.1) is 0 Å². The van der Waals surface area contributed by atoms with E-state index in [-0.39, 0.29) is 0 Å². The molecule has 0 aliphatic rings. The summed E-state index contributed by atoms with van der Waals surface area (Å²) >= 11 is 0. The third-order valence-corrected chi connectivity index (χ3v) is 1.22. The lowest BCUT2D eigenvalue weighted by molar-refractivity contribution is -0.104. The summed E-state index contributed by atoms with van der Waals surface area (Å²) in [6.07, 6.45) is 8.94. The van der Waals surface area contributed by atoms with Crippen LogP contribution in [0.25, 0.3) is 0 Å². The fourth-order valence-corrected chi connectivity index (χ4v) is 0.622. The van der Waals surface area contributed by atoms with Crippen molar-refractivity contribution >= 4 is 6.29 Å². The van der Waals surface area contributed by atoms with Crippen molar-refractivity contribution in [3.8, 4) is 0 Å². The Bertz CT molecular complexity index is 143. The highest BCUT2D eigenvalue weighted by molar-refractivity contribution is 5.71. The summed E-state index contributed by atoms with van der Waals surface area (Å²) < 4.78 is 0. The molecular weight excluding hydrogens is 124 g/mol. The number of hydrogen-bond donors (Lipinski definition) is 0. The van der Waals surface area contributed by atoms with Gasteiger partial charge < -0.3 is 0 Å². The second-order valence-electron chi connectivity index (χ2n) is 2.21. The highest BCUT2D eigenvalue weighted by Gasteiger charge is 1.81. The maximum atomic E-state index is 10.1. The molecule has 1 heteroatoms. The molecule has 0 saturated carbocycles. The number of carbonyl (C=O) groups is 1. The van der Waals surface area contributed by atoms with Gasteiger partial charge in [-0.25, -0.2) is 0 Å². The first kappa shape index (κ1) is 9.15. The van der Waals surface area contributed by atoms with Gasteiger partial charge in [0.15, 0.2) is 0 Å². The summed E-state index contributed by atoms with van der Waals surface area (Å²) in [5.41, 5.74) is 0.824. The lowest BCUT2D eigenvalue weighted by Crippen LogP contribution is -1.75. The molecule has 0 heterocycles. The smallest absolute Gasteiger partial charge is 0.145 e. The molecule has 0 rings (SSSR count). The molecule has 0 unspecified atom stereocenters. The molecule has 10 heavy (non-hydrogen) atoms. The van der Waals surface area contributed by atoms with Gasteiger partial charge in [0.1, 0.15) is 6.29 Å². The van der Waals surface area contributed by atoms with E-state index >= 15 is 0 Å². The molecule has 0 aliphatic heterocycles. The Hall–Kier alpha value is -0.850. The van der Waals surface area contributed by atoms with E-state index in [1.54, 1.807) is 0 Å². The van der Waals surface area contributed by atoms with Crippen molar-refractivity contribution in [1.82, 2.24) is 0 Å². The predicted octanol–water partition coefficient (Wildman–Crippen LogP) is 2.49. The fourth-order valence-electron chi connectivity index (χ4n) is 0.622. The summed E-state index contributed by atoms with van der Waals surface area (Å²) in [6, 6.07) is 0. The van der Waals surface area contributed by atoms with Gasteiger partial charge in [-0.05, 0) is 32.3 Å². The van der Waals surface area contributed by atoms with Crippen molar-refractivity contribution in [3.05, 3.63) is 23.8 Å². The van der Waals surface area contributed by atoms with E-state index in [1.807, 2.05) is 26.0 Å². The molecular formula is C9H14O. The fraction of sp³-hybridized carbons (Fsp3) is 0.444. The van der Waals surface area contributed by atoms with Crippen LogP contribution in [0, 0.1) is 0 Å². The Morgan fingerprint density at radius 2 is 2.10 bits per heavy atom. The Morgan fingerprint density at radius 1 is 1.40 bits per heavy atom. The lowest BCUT2D eigenvalue weighted by atomic mass is 10.2. The number of rotatable bonds is 4. The minimum atomic E-state index is 0.824. The van der Waals surface area contributed by atoms with Crippen molar-refractivity contribution < 1.29 is 4.79 Å². The normalized spacial score (nSPS) is 12.4. The number of unbranched alkanes of at least 4 members (excludes halogenated alkanes) is 1. The maximum Gasteiger partial charge on any atom is 0.145 e. The molecule has 0 aromatic heterocycles. The molecule has 0 aliphatic carbocycles. The van der Waals surface area contributed by atoms with Gasteiger partial charge >= 0.3 is 0 Å². The molecule has 0 aromatic rings. The minimum Gasteiger partial charge on any atom is -0.298 e. The molecule has 0 radical (unpaired) electrons. The number of hydrogen-bond acceptors (Lipinski definition) is 1. The minimum absolute atomic E-state index is 0.824. The average molecular weight is 138 g/mol. The Labute approximate surface area is 62.4 Å². The molecule has 0 bridgehead atoms. The van der Waals surface area contributed by atoms with Gasteiger partial charge in [-0.1, -0.05) is 18.2 Å². The van der Waals surface area contributed by atoms with E-state index in [2.05, 4.69) is 6.08 Å². The summed E-state index contributed by atoms with van der Waals surface area (Å²) in [5, 5.41) is 0. The van der Waals surface area contributed by atoms with Crippen LogP contribution in [0.15, 0.2) is 23.8 Å². The molecule has 56 valence electrons. The van der Waals surface area contributed by atoms with Crippen LogP contribution in [-0.2, 0) is 4.79 Å². The highest BCUT2D eigenvalue weighted by Crippen LogP contribution is 1.96. The average Bonchev–Trinajstić information content (AvgIpc) is 1.98. The largest absolute Gasteiger partial charge is 0.298 e. The van der Waals surface area contributed by atoms with Crippen LogP contribution >= 0.6 is 0 Å². The molecule has 0 N–H and O–H groups in total. The van der Waals surface area contributed by atoms with E-state index in [0.717, 1.165) is 24.7 Å². The summed E-state index contributed by atoms with van der Waals surface area (Å²) in [6.45, 7) is 3.82. The number of aldehydes is 1. The van der Waals surface area contributed by atoms with Crippen molar-refractivity contribution in [3.63, 3.8) is 0 Å². The van der Waals surface area contributed by atoms with Gasteiger partial charge in [0, 0.05) is 0 Å². The second kappa shape index (κ2) is 6.27. The first-order valence-corrected chi connectivity index (χ1v) is 3.54. The maximum absolute atomic E-state index is 10.1. The van der Waals surface area contributed by atoms with E-state index in [0.29, 0.717) is 0 Å². The first-order valence-electron chi connectivity index (χ1n) is 3.54. The molecule has 0 aromatic carbocycles. The van der Waals surface area contributed by atoms with Gasteiger partial charge in [-0.15, -0.1) is 0 Å². The topological polar surface area (TPSA) is 17.1 Å². The van der Waals surface area contributed by atoms with Gasteiger partial charge in [-0.3, -0.25) is 4.79 Å². The number of allylic oxidation sites excluding steroid dienone is 4. The van der Waals surface area contributed by atoms with Crippen molar-refractivity contribution in [2.45, 2.75) is 26.7 Å². The van der Waals surface area contributed by atoms with E-state index < -0.39 is 0 Å². The Balaban J connectivity index is 3.42. The van der Waals surface area contributed by atoms with E-state index in [4.69, 9.17) is 0 Å². The Kier molecular flexibility index (Phi) is 5.74. The molecule has 0 amide bonds. The molecule has 0 saturated heterocycles. The molecule has 0 spiro atoms. The Morgan fingerprint density at radius 3 is 2.60 bits per heavy atom. The zero-order chi connectivity index (χ0) is 7.82. The van der Waals surface area contributed by atoms with Crippen LogP contribution in [0.4, 0.5) is 0 Å². The van der Waals surface area contributed by atoms with Crippen LogP contribution in [0.2, 0.25) is 0 Å². The predicted molar refractivity (Wildman–Crippen MR) is 43.9 cm³/mol. The number of carbonyl (C=O) groups excluding carboxylic acids is 1. The quantitative estimate of drug-likeness (QED) is 0.252. The summed E-state index contributed by atoms with van der Waals surface area (Å²) in [5.74, 6) is 0. The zero-order valence-electron chi connectivity index (χ0n) is 6.63. The SMILES string of the molecule is C/C=C/CC/C=C(\C)C=O. The summed E-state index contributed by atoms with van der Waals surface area (Å²) in [7, 11) is 0. The zero-order valence-corrected chi connectivity index (χ0v) is 6.63. The van der Waals surface area contributed by atoms with E-state index in [1.165, 1.54) is 0 Å². The van der Waals surface area contributed by atoms with Crippen LogP contribution in [0.1, 0.15) is 26.7 Å². The van der Waals surface area contributed by atoms with E-state index in [9.17, 15) is 4.79 Å². The van der Waals surface area contributed by atoms with Crippen LogP contribution < -0.4 is 0 Å². The second-order valence-corrected chi connectivity index (χ2v) is 2.21. The van der Waals surface area contributed by atoms with Crippen LogP contribution in [0.5, 0.6) is 0 Å². The van der Waals surface area contributed by atoms with Crippen molar-refractivity contribution in [2.24, 2.45) is 0 Å². The highest BCUT2D eigenvalue weighted by atomic mass is 16.1. The van der Waals surface area contributed by atoms with Crippen molar-refractivity contribution in [2.75, 3.05) is 0 Å². The molecule has 0 fully saturated rings.